The van der Waals surface area contributed by atoms with Gasteiger partial charge in [0.15, 0.2) is 0 Å². The van der Waals surface area contributed by atoms with Gasteiger partial charge in [0.2, 0.25) is 0 Å². The van der Waals surface area contributed by atoms with Crippen LogP contribution in [0, 0.1) is 15.9 Å². The van der Waals surface area contributed by atoms with Crippen LogP contribution < -0.4 is 5.32 Å². The highest BCUT2D eigenvalue weighted by atomic mass is 79.9. The van der Waals surface area contributed by atoms with E-state index in [4.69, 9.17) is 23.2 Å². The van der Waals surface area contributed by atoms with Crippen molar-refractivity contribution >= 4 is 50.5 Å². The standard InChI is InChI=1S/C13H8BrCl2FN2O2/c14-9-2-1-7(3-12(9)19(20)21)6-18-13-10(15)4-8(17)5-11(13)16/h1-5,18H,6H2. The van der Waals surface area contributed by atoms with Gasteiger partial charge in [-0.1, -0.05) is 29.3 Å². The van der Waals surface area contributed by atoms with Gasteiger partial charge in [-0.3, -0.25) is 10.1 Å². The van der Waals surface area contributed by atoms with Crippen molar-refractivity contribution in [3.63, 3.8) is 0 Å². The third kappa shape index (κ3) is 3.84. The van der Waals surface area contributed by atoms with E-state index < -0.39 is 10.7 Å². The van der Waals surface area contributed by atoms with Crippen LogP contribution in [-0.4, -0.2) is 4.92 Å². The smallest absolute Gasteiger partial charge is 0.283 e. The van der Waals surface area contributed by atoms with E-state index in [1.807, 2.05) is 0 Å². The van der Waals surface area contributed by atoms with Crippen LogP contribution in [0.25, 0.3) is 0 Å². The Labute approximate surface area is 138 Å². The number of benzene rings is 2. The molecule has 0 fully saturated rings. The number of nitro benzene ring substituents is 1. The van der Waals surface area contributed by atoms with Crippen LogP contribution in [0.15, 0.2) is 34.8 Å². The zero-order valence-electron chi connectivity index (χ0n) is 10.4. The number of nitrogens with zero attached hydrogens (tertiary/aromatic N) is 1. The number of nitro groups is 1. The maximum Gasteiger partial charge on any atom is 0.283 e. The molecular formula is C13H8BrCl2FN2O2. The maximum atomic E-state index is 13.1. The monoisotopic (exact) mass is 392 g/mol. The van der Waals surface area contributed by atoms with E-state index in [0.717, 1.165) is 12.1 Å². The van der Waals surface area contributed by atoms with Gasteiger partial charge < -0.3 is 5.32 Å². The van der Waals surface area contributed by atoms with Crippen molar-refractivity contribution in [2.45, 2.75) is 6.54 Å². The topological polar surface area (TPSA) is 55.2 Å². The molecule has 0 aliphatic rings. The summed E-state index contributed by atoms with van der Waals surface area (Å²) < 4.78 is 13.5. The Morgan fingerprint density at radius 3 is 2.43 bits per heavy atom. The normalized spacial score (nSPS) is 10.5. The second-order valence-electron chi connectivity index (χ2n) is 4.14. The Bertz CT molecular complexity index is 690. The molecule has 0 saturated heterocycles. The maximum absolute atomic E-state index is 13.1. The molecular weight excluding hydrogens is 386 g/mol. The lowest BCUT2D eigenvalue weighted by atomic mass is 10.2. The summed E-state index contributed by atoms with van der Waals surface area (Å²) in [4.78, 5) is 10.4. The molecule has 8 heteroatoms. The molecule has 0 radical (unpaired) electrons. The summed E-state index contributed by atoms with van der Waals surface area (Å²) in [6, 6.07) is 7.01. The third-order valence-corrected chi connectivity index (χ3v) is 3.95. The van der Waals surface area contributed by atoms with E-state index in [1.54, 1.807) is 12.1 Å². The van der Waals surface area contributed by atoms with Crippen molar-refractivity contribution in [3.8, 4) is 0 Å². The first-order chi connectivity index (χ1) is 9.88. The van der Waals surface area contributed by atoms with Gasteiger partial charge in [-0.15, -0.1) is 0 Å². The van der Waals surface area contributed by atoms with Crippen LogP contribution in [0.4, 0.5) is 15.8 Å². The zero-order chi connectivity index (χ0) is 15.6. The van der Waals surface area contributed by atoms with Gasteiger partial charge in [0, 0.05) is 12.6 Å². The van der Waals surface area contributed by atoms with E-state index in [9.17, 15) is 14.5 Å². The number of nitrogens with one attached hydrogen (secondary N) is 1. The van der Waals surface area contributed by atoms with Gasteiger partial charge >= 0.3 is 0 Å². The fraction of sp³-hybridized carbons (Fsp3) is 0.0769. The fourth-order valence-electron chi connectivity index (χ4n) is 1.71. The summed E-state index contributed by atoms with van der Waals surface area (Å²) in [6.45, 7) is 0.263. The summed E-state index contributed by atoms with van der Waals surface area (Å²) in [5.41, 5.74) is 1.01. The Morgan fingerprint density at radius 1 is 1.24 bits per heavy atom. The molecule has 2 rings (SSSR count). The average molecular weight is 394 g/mol. The van der Waals surface area contributed by atoms with Crippen molar-refractivity contribution in [2.24, 2.45) is 0 Å². The number of anilines is 1. The first-order valence-corrected chi connectivity index (χ1v) is 7.24. The van der Waals surface area contributed by atoms with Gasteiger partial charge in [-0.2, -0.15) is 0 Å². The molecule has 0 amide bonds. The van der Waals surface area contributed by atoms with Gasteiger partial charge in [0.1, 0.15) is 5.82 Å². The van der Waals surface area contributed by atoms with Crippen molar-refractivity contribution in [1.29, 1.82) is 0 Å². The molecule has 0 aliphatic heterocycles. The van der Waals surface area contributed by atoms with E-state index in [0.29, 0.717) is 15.7 Å². The van der Waals surface area contributed by atoms with E-state index >= 15 is 0 Å². The van der Waals surface area contributed by atoms with Crippen LogP contribution in [0.3, 0.4) is 0 Å². The van der Waals surface area contributed by atoms with Gasteiger partial charge in [0.05, 0.1) is 25.1 Å². The Kier molecular flexibility index (Phi) is 5.03. The zero-order valence-corrected chi connectivity index (χ0v) is 13.5. The van der Waals surface area contributed by atoms with Crippen LogP contribution in [0.5, 0.6) is 0 Å². The molecule has 2 aromatic carbocycles. The first kappa shape index (κ1) is 16.0. The van der Waals surface area contributed by atoms with E-state index in [-0.39, 0.29) is 22.3 Å². The molecule has 0 spiro atoms. The summed E-state index contributed by atoms with van der Waals surface area (Å²) in [6.07, 6.45) is 0. The minimum Gasteiger partial charge on any atom is -0.379 e. The molecule has 0 unspecified atom stereocenters. The minimum absolute atomic E-state index is 0.0365. The van der Waals surface area contributed by atoms with Crippen LogP contribution in [0.2, 0.25) is 10.0 Å². The highest BCUT2D eigenvalue weighted by molar-refractivity contribution is 9.10. The molecule has 110 valence electrons. The molecule has 4 nitrogen and oxygen atoms in total. The van der Waals surface area contributed by atoms with Crippen LogP contribution in [-0.2, 0) is 6.54 Å². The van der Waals surface area contributed by atoms with Gasteiger partial charge in [-0.05, 0) is 39.7 Å². The molecule has 0 saturated carbocycles. The number of hydrogen-bond donors (Lipinski definition) is 1. The molecule has 0 aliphatic carbocycles. The molecule has 0 aromatic heterocycles. The third-order valence-electron chi connectivity index (χ3n) is 2.68. The van der Waals surface area contributed by atoms with E-state index in [2.05, 4.69) is 21.2 Å². The molecule has 21 heavy (non-hydrogen) atoms. The first-order valence-electron chi connectivity index (χ1n) is 5.69. The molecule has 2 aromatic rings. The van der Waals surface area contributed by atoms with Crippen LogP contribution in [0.1, 0.15) is 5.56 Å². The summed E-state index contributed by atoms with van der Waals surface area (Å²) in [5.74, 6) is -0.533. The lowest BCUT2D eigenvalue weighted by Crippen LogP contribution is -2.02. The quantitative estimate of drug-likeness (QED) is 0.557. The SMILES string of the molecule is O=[N+]([O-])c1cc(CNc2c(Cl)cc(F)cc2Cl)ccc1Br. The largest absolute Gasteiger partial charge is 0.379 e. The average Bonchev–Trinajstić information content (AvgIpc) is 2.38. The molecule has 0 bridgehead atoms. The molecule has 0 atom stereocenters. The van der Waals surface area contributed by atoms with Crippen LogP contribution >= 0.6 is 39.1 Å². The lowest BCUT2D eigenvalue weighted by Gasteiger charge is -2.11. The summed E-state index contributed by atoms with van der Waals surface area (Å²) in [7, 11) is 0. The van der Waals surface area contributed by atoms with Crippen molar-refractivity contribution in [2.75, 3.05) is 5.32 Å². The molecule has 0 heterocycles. The van der Waals surface area contributed by atoms with Crippen molar-refractivity contribution in [1.82, 2.24) is 0 Å². The summed E-state index contributed by atoms with van der Waals surface area (Å²) in [5, 5.41) is 14.1. The fourth-order valence-corrected chi connectivity index (χ4v) is 2.70. The number of halogens is 4. The Morgan fingerprint density at radius 2 is 1.86 bits per heavy atom. The highest BCUT2D eigenvalue weighted by Crippen LogP contribution is 2.32. The highest BCUT2D eigenvalue weighted by Gasteiger charge is 2.13. The van der Waals surface area contributed by atoms with Gasteiger partial charge in [0.25, 0.3) is 5.69 Å². The Balaban J connectivity index is 2.21. The second-order valence-corrected chi connectivity index (χ2v) is 5.81. The second kappa shape index (κ2) is 6.60. The molecule has 1 N–H and O–H groups in total. The van der Waals surface area contributed by atoms with Crippen molar-refractivity contribution in [3.05, 3.63) is 66.3 Å². The number of hydrogen-bond acceptors (Lipinski definition) is 3. The van der Waals surface area contributed by atoms with Gasteiger partial charge in [-0.25, -0.2) is 4.39 Å². The predicted molar refractivity (Wildman–Crippen MR) is 84.5 cm³/mol. The number of rotatable bonds is 4. The predicted octanol–water partition coefficient (Wildman–Crippen LogP) is 5.42. The van der Waals surface area contributed by atoms with E-state index in [1.165, 1.54) is 6.07 Å². The summed E-state index contributed by atoms with van der Waals surface area (Å²) >= 11 is 14.9. The lowest BCUT2D eigenvalue weighted by molar-refractivity contribution is -0.385. The minimum atomic E-state index is -0.533. The Hall–Kier alpha value is -1.37. The van der Waals surface area contributed by atoms with Crippen molar-refractivity contribution < 1.29 is 9.31 Å².